The first-order valence-corrected chi connectivity index (χ1v) is 6.92. The molecule has 1 heterocycles. The standard InChI is InChI=1S/C16H23FN2/c1-13(2)11-16(18,12-19-9-5-6-10-19)14-7-3-4-8-15(14)17/h3-4,7-8H,1,5-6,9-12,18H2,2H3. The molecule has 0 amide bonds. The highest BCUT2D eigenvalue weighted by Crippen LogP contribution is 2.29. The van der Waals surface area contributed by atoms with Gasteiger partial charge in [0, 0.05) is 12.1 Å². The Morgan fingerprint density at radius 3 is 2.58 bits per heavy atom. The normalized spacial score (nSPS) is 19.3. The van der Waals surface area contributed by atoms with Gasteiger partial charge in [0.1, 0.15) is 5.82 Å². The van der Waals surface area contributed by atoms with Crippen LogP contribution < -0.4 is 5.73 Å². The average Bonchev–Trinajstić information content (AvgIpc) is 2.80. The molecule has 1 aromatic carbocycles. The fourth-order valence-corrected chi connectivity index (χ4v) is 2.98. The molecule has 1 atom stereocenters. The van der Waals surface area contributed by atoms with Gasteiger partial charge < -0.3 is 10.6 Å². The van der Waals surface area contributed by atoms with E-state index in [4.69, 9.17) is 5.73 Å². The van der Waals surface area contributed by atoms with Crippen molar-refractivity contribution in [2.24, 2.45) is 5.73 Å². The van der Waals surface area contributed by atoms with Crippen LogP contribution in [0.4, 0.5) is 4.39 Å². The summed E-state index contributed by atoms with van der Waals surface area (Å²) in [6.45, 7) is 8.71. The van der Waals surface area contributed by atoms with E-state index in [0.717, 1.165) is 18.7 Å². The number of halogens is 1. The van der Waals surface area contributed by atoms with Crippen LogP contribution in [0.15, 0.2) is 36.4 Å². The van der Waals surface area contributed by atoms with Crippen LogP contribution >= 0.6 is 0 Å². The van der Waals surface area contributed by atoms with Gasteiger partial charge in [-0.2, -0.15) is 0 Å². The minimum atomic E-state index is -0.679. The van der Waals surface area contributed by atoms with Crippen LogP contribution in [0, 0.1) is 5.82 Å². The third kappa shape index (κ3) is 3.43. The predicted octanol–water partition coefficient (Wildman–Crippen LogP) is 3.04. The van der Waals surface area contributed by atoms with E-state index in [9.17, 15) is 4.39 Å². The topological polar surface area (TPSA) is 29.3 Å². The second-order valence-corrected chi connectivity index (χ2v) is 5.75. The Labute approximate surface area is 115 Å². The lowest BCUT2D eigenvalue weighted by Gasteiger charge is -2.34. The maximum Gasteiger partial charge on any atom is 0.128 e. The lowest BCUT2D eigenvalue weighted by Crippen LogP contribution is -2.47. The maximum atomic E-state index is 14.1. The van der Waals surface area contributed by atoms with Gasteiger partial charge in [-0.05, 0) is 45.3 Å². The molecular formula is C16H23FN2. The molecule has 2 nitrogen and oxygen atoms in total. The number of likely N-dealkylation sites (tertiary alicyclic amines) is 1. The third-order valence-electron chi connectivity index (χ3n) is 3.73. The number of rotatable bonds is 5. The van der Waals surface area contributed by atoms with Crippen molar-refractivity contribution < 1.29 is 4.39 Å². The molecule has 0 aliphatic carbocycles. The van der Waals surface area contributed by atoms with Gasteiger partial charge in [0.15, 0.2) is 0 Å². The van der Waals surface area contributed by atoms with Gasteiger partial charge in [0.25, 0.3) is 0 Å². The van der Waals surface area contributed by atoms with Crippen LogP contribution in [0.5, 0.6) is 0 Å². The molecule has 1 aliphatic heterocycles. The number of hydrogen-bond donors (Lipinski definition) is 1. The summed E-state index contributed by atoms with van der Waals surface area (Å²) in [6.07, 6.45) is 3.03. The van der Waals surface area contributed by atoms with Crippen molar-refractivity contribution in [3.8, 4) is 0 Å². The Morgan fingerprint density at radius 1 is 1.37 bits per heavy atom. The summed E-state index contributed by atoms with van der Waals surface area (Å²) in [7, 11) is 0. The first kappa shape index (κ1) is 14.2. The molecule has 0 aromatic heterocycles. The molecule has 1 saturated heterocycles. The Bertz CT molecular complexity index is 452. The number of nitrogens with two attached hydrogens (primary N) is 1. The van der Waals surface area contributed by atoms with E-state index in [2.05, 4.69) is 11.5 Å². The molecule has 1 aliphatic rings. The molecule has 104 valence electrons. The lowest BCUT2D eigenvalue weighted by atomic mass is 9.84. The van der Waals surface area contributed by atoms with Crippen LogP contribution in [0.2, 0.25) is 0 Å². The first-order valence-electron chi connectivity index (χ1n) is 6.92. The Kier molecular flexibility index (Phi) is 4.38. The molecule has 1 aromatic rings. The lowest BCUT2D eigenvalue weighted by molar-refractivity contribution is 0.240. The van der Waals surface area contributed by atoms with Gasteiger partial charge >= 0.3 is 0 Å². The van der Waals surface area contributed by atoms with Crippen LogP contribution in [-0.4, -0.2) is 24.5 Å². The van der Waals surface area contributed by atoms with Gasteiger partial charge in [0.2, 0.25) is 0 Å². The third-order valence-corrected chi connectivity index (χ3v) is 3.73. The highest BCUT2D eigenvalue weighted by atomic mass is 19.1. The highest BCUT2D eigenvalue weighted by Gasteiger charge is 2.33. The summed E-state index contributed by atoms with van der Waals surface area (Å²) in [6, 6.07) is 6.84. The Hall–Kier alpha value is -1.19. The molecule has 2 N–H and O–H groups in total. The van der Waals surface area contributed by atoms with Gasteiger partial charge in [0.05, 0.1) is 5.54 Å². The Balaban J connectivity index is 2.27. The second kappa shape index (κ2) is 5.85. The quantitative estimate of drug-likeness (QED) is 0.826. The van der Waals surface area contributed by atoms with Crippen LogP contribution in [-0.2, 0) is 5.54 Å². The molecule has 3 heteroatoms. The first-order chi connectivity index (χ1) is 9.01. The summed E-state index contributed by atoms with van der Waals surface area (Å²) < 4.78 is 14.1. The van der Waals surface area contributed by atoms with Crippen molar-refractivity contribution in [3.63, 3.8) is 0 Å². The molecule has 1 unspecified atom stereocenters. The number of nitrogens with zero attached hydrogens (tertiary/aromatic N) is 1. The van der Waals surface area contributed by atoms with E-state index >= 15 is 0 Å². The van der Waals surface area contributed by atoms with Crippen molar-refractivity contribution in [1.82, 2.24) is 4.90 Å². The van der Waals surface area contributed by atoms with Crippen molar-refractivity contribution in [2.75, 3.05) is 19.6 Å². The monoisotopic (exact) mass is 262 g/mol. The van der Waals surface area contributed by atoms with Crippen molar-refractivity contribution in [2.45, 2.75) is 31.7 Å². The van der Waals surface area contributed by atoms with Crippen LogP contribution in [0.3, 0.4) is 0 Å². The zero-order valence-corrected chi connectivity index (χ0v) is 11.7. The molecule has 0 bridgehead atoms. The minimum absolute atomic E-state index is 0.217. The van der Waals surface area contributed by atoms with Crippen molar-refractivity contribution in [3.05, 3.63) is 47.8 Å². The summed E-state index contributed by atoms with van der Waals surface area (Å²) in [5.41, 5.74) is 7.47. The highest BCUT2D eigenvalue weighted by molar-refractivity contribution is 5.28. The molecule has 0 spiro atoms. The largest absolute Gasteiger partial charge is 0.320 e. The van der Waals surface area contributed by atoms with Gasteiger partial charge in [-0.3, -0.25) is 0 Å². The van der Waals surface area contributed by atoms with E-state index in [1.165, 1.54) is 18.9 Å². The molecule has 0 radical (unpaired) electrons. The summed E-state index contributed by atoms with van der Waals surface area (Å²) in [5, 5.41) is 0. The minimum Gasteiger partial charge on any atom is -0.320 e. The van der Waals surface area contributed by atoms with E-state index in [-0.39, 0.29) is 5.82 Å². The van der Waals surface area contributed by atoms with Gasteiger partial charge in [-0.25, -0.2) is 4.39 Å². The van der Waals surface area contributed by atoms with Gasteiger partial charge in [-0.1, -0.05) is 23.8 Å². The van der Waals surface area contributed by atoms with Crippen molar-refractivity contribution in [1.29, 1.82) is 0 Å². The fraction of sp³-hybridized carbons (Fsp3) is 0.500. The summed E-state index contributed by atoms with van der Waals surface area (Å²) >= 11 is 0. The number of benzene rings is 1. The van der Waals surface area contributed by atoms with E-state index in [0.29, 0.717) is 18.5 Å². The number of hydrogen-bond acceptors (Lipinski definition) is 2. The molecule has 1 fully saturated rings. The SMILES string of the molecule is C=C(C)CC(N)(CN1CCCC1)c1ccccc1F. The predicted molar refractivity (Wildman–Crippen MR) is 77.4 cm³/mol. The molecule has 0 saturated carbocycles. The summed E-state index contributed by atoms with van der Waals surface area (Å²) in [4.78, 5) is 2.33. The van der Waals surface area contributed by atoms with Crippen LogP contribution in [0.1, 0.15) is 31.7 Å². The van der Waals surface area contributed by atoms with E-state index in [1.54, 1.807) is 12.1 Å². The van der Waals surface area contributed by atoms with Crippen molar-refractivity contribution >= 4 is 0 Å². The average molecular weight is 262 g/mol. The maximum absolute atomic E-state index is 14.1. The summed E-state index contributed by atoms with van der Waals surface area (Å²) in [5.74, 6) is -0.217. The van der Waals surface area contributed by atoms with Gasteiger partial charge in [-0.15, -0.1) is 6.58 Å². The second-order valence-electron chi connectivity index (χ2n) is 5.75. The fourth-order valence-electron chi connectivity index (χ4n) is 2.98. The van der Waals surface area contributed by atoms with E-state index < -0.39 is 5.54 Å². The molecular weight excluding hydrogens is 239 g/mol. The Morgan fingerprint density at radius 2 is 2.00 bits per heavy atom. The van der Waals surface area contributed by atoms with E-state index in [1.807, 2.05) is 13.0 Å². The van der Waals surface area contributed by atoms with Crippen LogP contribution in [0.25, 0.3) is 0 Å². The zero-order chi connectivity index (χ0) is 13.9. The zero-order valence-electron chi connectivity index (χ0n) is 11.7. The smallest absolute Gasteiger partial charge is 0.128 e. The molecule has 2 rings (SSSR count). The molecule has 19 heavy (non-hydrogen) atoms.